The summed E-state index contributed by atoms with van der Waals surface area (Å²) >= 11 is 0. The first-order chi connectivity index (χ1) is 7.59. The molecule has 0 aliphatic heterocycles. The second-order valence-electron chi connectivity index (χ2n) is 3.40. The molecule has 0 saturated carbocycles. The topological polar surface area (TPSA) is 76.2 Å². The van der Waals surface area contributed by atoms with Crippen LogP contribution in [0.3, 0.4) is 0 Å². The van der Waals surface area contributed by atoms with Crippen LogP contribution in [0, 0.1) is 13.8 Å². The molecule has 5 nitrogen and oxygen atoms in total. The van der Waals surface area contributed by atoms with E-state index < -0.39 is 5.97 Å². The first-order valence-corrected chi connectivity index (χ1v) is 4.72. The van der Waals surface area contributed by atoms with E-state index in [2.05, 4.69) is 9.97 Å². The van der Waals surface area contributed by atoms with Gasteiger partial charge in [0.2, 0.25) is 5.89 Å². The standard InChI is InChI=1S/C11H10N2O3/c1-6-4-3-5-12-8(6)10-13-9(11(14)15)7(2)16-10/h3-5H,1-2H3,(H,14,15). The Labute approximate surface area is 91.8 Å². The summed E-state index contributed by atoms with van der Waals surface area (Å²) in [7, 11) is 0. The molecule has 0 unspecified atom stereocenters. The summed E-state index contributed by atoms with van der Waals surface area (Å²) in [6.45, 7) is 3.43. The molecule has 82 valence electrons. The van der Waals surface area contributed by atoms with Gasteiger partial charge in [0.05, 0.1) is 0 Å². The van der Waals surface area contributed by atoms with Crippen LogP contribution in [-0.4, -0.2) is 21.0 Å². The third kappa shape index (κ3) is 1.67. The van der Waals surface area contributed by atoms with Crippen molar-refractivity contribution in [2.45, 2.75) is 13.8 Å². The fourth-order valence-electron chi connectivity index (χ4n) is 1.41. The lowest BCUT2D eigenvalue weighted by Crippen LogP contribution is -1.98. The number of rotatable bonds is 2. The summed E-state index contributed by atoms with van der Waals surface area (Å²) < 4.78 is 5.29. The summed E-state index contributed by atoms with van der Waals surface area (Å²) in [5.74, 6) is -0.568. The molecule has 0 atom stereocenters. The summed E-state index contributed by atoms with van der Waals surface area (Å²) in [5, 5.41) is 8.85. The number of aromatic carboxylic acids is 1. The zero-order chi connectivity index (χ0) is 11.7. The average Bonchev–Trinajstić information content (AvgIpc) is 2.61. The molecule has 2 aromatic rings. The molecule has 0 amide bonds. The SMILES string of the molecule is Cc1cccnc1-c1nc(C(=O)O)c(C)o1. The van der Waals surface area contributed by atoms with Crippen LogP contribution in [0.2, 0.25) is 0 Å². The number of nitrogens with zero attached hydrogens (tertiary/aromatic N) is 2. The van der Waals surface area contributed by atoms with Gasteiger partial charge in [0.15, 0.2) is 5.69 Å². The molecule has 0 spiro atoms. The minimum absolute atomic E-state index is 0.0694. The summed E-state index contributed by atoms with van der Waals surface area (Å²) in [4.78, 5) is 18.8. The van der Waals surface area contributed by atoms with Crippen molar-refractivity contribution < 1.29 is 14.3 Å². The Morgan fingerprint density at radius 2 is 2.19 bits per heavy atom. The molecule has 0 bridgehead atoms. The number of aryl methyl sites for hydroxylation is 2. The van der Waals surface area contributed by atoms with Gasteiger partial charge in [-0.05, 0) is 25.5 Å². The lowest BCUT2D eigenvalue weighted by Gasteiger charge is -1.97. The van der Waals surface area contributed by atoms with Gasteiger partial charge in [-0.15, -0.1) is 0 Å². The van der Waals surface area contributed by atoms with Crippen LogP contribution in [0.15, 0.2) is 22.7 Å². The lowest BCUT2D eigenvalue weighted by atomic mass is 10.2. The Morgan fingerprint density at radius 1 is 1.44 bits per heavy atom. The second kappa shape index (κ2) is 3.77. The van der Waals surface area contributed by atoms with Gasteiger partial charge in [0.1, 0.15) is 11.5 Å². The zero-order valence-electron chi connectivity index (χ0n) is 8.89. The fourth-order valence-corrected chi connectivity index (χ4v) is 1.41. The molecular formula is C11H10N2O3. The highest BCUT2D eigenvalue weighted by Crippen LogP contribution is 2.22. The molecule has 16 heavy (non-hydrogen) atoms. The molecule has 0 saturated heterocycles. The second-order valence-corrected chi connectivity index (χ2v) is 3.40. The first-order valence-electron chi connectivity index (χ1n) is 4.72. The van der Waals surface area contributed by atoms with Crippen LogP contribution >= 0.6 is 0 Å². The van der Waals surface area contributed by atoms with Crippen molar-refractivity contribution in [2.75, 3.05) is 0 Å². The highest BCUT2D eigenvalue weighted by atomic mass is 16.4. The molecular weight excluding hydrogens is 208 g/mol. The number of carboxylic acid groups (broad SMARTS) is 1. The molecule has 2 heterocycles. The van der Waals surface area contributed by atoms with E-state index in [1.165, 1.54) is 0 Å². The molecule has 0 fully saturated rings. The Kier molecular flexibility index (Phi) is 2.44. The Bertz CT molecular complexity index is 546. The van der Waals surface area contributed by atoms with Crippen molar-refractivity contribution in [3.05, 3.63) is 35.3 Å². The quantitative estimate of drug-likeness (QED) is 0.834. The van der Waals surface area contributed by atoms with E-state index >= 15 is 0 Å². The minimum atomic E-state index is -1.10. The number of aromatic nitrogens is 2. The van der Waals surface area contributed by atoms with Gasteiger partial charge in [-0.25, -0.2) is 9.78 Å². The van der Waals surface area contributed by atoms with Crippen LogP contribution < -0.4 is 0 Å². The van der Waals surface area contributed by atoms with Crippen LogP contribution in [-0.2, 0) is 0 Å². The maximum Gasteiger partial charge on any atom is 0.358 e. The van der Waals surface area contributed by atoms with Gasteiger partial charge in [0.25, 0.3) is 0 Å². The van der Waals surface area contributed by atoms with E-state index in [0.717, 1.165) is 5.56 Å². The maximum absolute atomic E-state index is 10.8. The van der Waals surface area contributed by atoms with Crippen LogP contribution in [0.4, 0.5) is 0 Å². The monoisotopic (exact) mass is 218 g/mol. The third-order valence-corrected chi connectivity index (χ3v) is 2.21. The molecule has 2 rings (SSSR count). The van der Waals surface area contributed by atoms with E-state index in [1.807, 2.05) is 13.0 Å². The number of hydrogen-bond acceptors (Lipinski definition) is 4. The molecule has 1 N–H and O–H groups in total. The lowest BCUT2D eigenvalue weighted by molar-refractivity contribution is 0.0689. The fraction of sp³-hybridized carbons (Fsp3) is 0.182. The highest BCUT2D eigenvalue weighted by Gasteiger charge is 2.18. The van der Waals surface area contributed by atoms with Crippen molar-refractivity contribution in [1.82, 2.24) is 9.97 Å². The van der Waals surface area contributed by atoms with Crippen molar-refractivity contribution in [1.29, 1.82) is 0 Å². The van der Waals surface area contributed by atoms with E-state index in [0.29, 0.717) is 5.69 Å². The number of oxazole rings is 1. The van der Waals surface area contributed by atoms with Crippen molar-refractivity contribution >= 4 is 5.97 Å². The highest BCUT2D eigenvalue weighted by molar-refractivity contribution is 5.87. The van der Waals surface area contributed by atoms with E-state index in [9.17, 15) is 4.79 Å². The van der Waals surface area contributed by atoms with Gasteiger partial charge in [0, 0.05) is 6.20 Å². The number of pyridine rings is 1. The number of hydrogen-bond donors (Lipinski definition) is 1. The maximum atomic E-state index is 10.8. The number of carbonyl (C=O) groups is 1. The van der Waals surface area contributed by atoms with Crippen molar-refractivity contribution in [2.24, 2.45) is 0 Å². The Morgan fingerprint density at radius 3 is 2.75 bits per heavy atom. The largest absolute Gasteiger partial charge is 0.476 e. The van der Waals surface area contributed by atoms with E-state index in [-0.39, 0.29) is 17.3 Å². The minimum Gasteiger partial charge on any atom is -0.476 e. The van der Waals surface area contributed by atoms with Crippen LogP contribution in [0.1, 0.15) is 21.8 Å². The molecule has 0 radical (unpaired) electrons. The summed E-state index contributed by atoms with van der Waals surface area (Å²) in [5.41, 5.74) is 1.39. The van der Waals surface area contributed by atoms with Gasteiger partial charge in [-0.2, -0.15) is 0 Å². The smallest absolute Gasteiger partial charge is 0.358 e. The van der Waals surface area contributed by atoms with Crippen molar-refractivity contribution in [3.63, 3.8) is 0 Å². The summed E-state index contributed by atoms with van der Waals surface area (Å²) in [6.07, 6.45) is 1.61. The average molecular weight is 218 g/mol. The third-order valence-electron chi connectivity index (χ3n) is 2.21. The number of carboxylic acids is 1. The van der Waals surface area contributed by atoms with Gasteiger partial charge < -0.3 is 9.52 Å². The van der Waals surface area contributed by atoms with Crippen molar-refractivity contribution in [3.8, 4) is 11.6 Å². The summed E-state index contributed by atoms with van der Waals surface area (Å²) in [6, 6.07) is 3.66. The predicted octanol–water partition coefficient (Wildman–Crippen LogP) is 2.05. The van der Waals surface area contributed by atoms with Gasteiger partial charge >= 0.3 is 5.97 Å². The van der Waals surface area contributed by atoms with E-state index in [1.54, 1.807) is 19.2 Å². The normalized spacial score (nSPS) is 10.4. The Balaban J connectivity index is 2.54. The Hall–Kier alpha value is -2.17. The molecule has 0 aromatic carbocycles. The predicted molar refractivity (Wildman–Crippen MR) is 56.2 cm³/mol. The van der Waals surface area contributed by atoms with Crippen LogP contribution in [0.25, 0.3) is 11.6 Å². The first kappa shape index (κ1) is 10.4. The molecule has 0 aliphatic rings. The molecule has 0 aliphatic carbocycles. The van der Waals surface area contributed by atoms with Gasteiger partial charge in [-0.3, -0.25) is 4.98 Å². The van der Waals surface area contributed by atoms with Gasteiger partial charge in [-0.1, -0.05) is 6.07 Å². The van der Waals surface area contributed by atoms with E-state index in [4.69, 9.17) is 9.52 Å². The zero-order valence-corrected chi connectivity index (χ0v) is 8.89. The van der Waals surface area contributed by atoms with Crippen LogP contribution in [0.5, 0.6) is 0 Å². The molecule has 2 aromatic heterocycles. The molecule has 5 heteroatoms.